The fraction of sp³-hybridized carbons (Fsp3) is 0.429. The Morgan fingerprint density at radius 3 is 2.71 bits per heavy atom. The van der Waals surface area contributed by atoms with E-state index < -0.39 is 5.60 Å². The van der Waals surface area contributed by atoms with Crippen molar-refractivity contribution in [1.82, 2.24) is 4.90 Å². The summed E-state index contributed by atoms with van der Waals surface area (Å²) < 4.78 is 5.91. The summed E-state index contributed by atoms with van der Waals surface area (Å²) in [5, 5.41) is 11.2. The van der Waals surface area contributed by atoms with E-state index in [0.717, 1.165) is 42.8 Å². The Morgan fingerprint density at radius 1 is 1.17 bits per heavy atom. The summed E-state index contributed by atoms with van der Waals surface area (Å²) in [6.45, 7) is 4.53. The number of rotatable bonds is 5. The molecule has 2 atom stereocenters. The summed E-state index contributed by atoms with van der Waals surface area (Å²) in [6, 6.07) is 18.0. The van der Waals surface area contributed by atoms with Crippen LogP contribution in [0.3, 0.4) is 0 Å². The predicted molar refractivity (Wildman–Crippen MR) is 97.0 cm³/mol. The van der Waals surface area contributed by atoms with E-state index in [1.54, 1.807) is 0 Å². The molecule has 128 valence electrons. The predicted octanol–water partition coefficient (Wildman–Crippen LogP) is 3.81. The fourth-order valence-corrected chi connectivity index (χ4v) is 3.50. The topological polar surface area (TPSA) is 32.7 Å². The van der Waals surface area contributed by atoms with Crippen molar-refractivity contribution < 1.29 is 9.84 Å². The highest BCUT2D eigenvalue weighted by Gasteiger charge is 2.36. The molecule has 1 N–H and O–H groups in total. The van der Waals surface area contributed by atoms with Crippen molar-refractivity contribution in [3.05, 3.63) is 65.7 Å². The maximum atomic E-state index is 11.2. The zero-order valence-electron chi connectivity index (χ0n) is 14.6. The molecule has 1 fully saturated rings. The summed E-state index contributed by atoms with van der Waals surface area (Å²) in [6.07, 6.45) is 2.20. The monoisotopic (exact) mass is 325 g/mol. The smallest absolute Gasteiger partial charge is 0.120 e. The Balaban J connectivity index is 1.71. The van der Waals surface area contributed by atoms with Crippen molar-refractivity contribution in [3.8, 4) is 5.75 Å². The third-order valence-electron chi connectivity index (χ3n) is 5.09. The Labute approximate surface area is 144 Å². The number of aliphatic hydroxyl groups is 1. The van der Waals surface area contributed by atoms with Gasteiger partial charge in [-0.1, -0.05) is 42.5 Å². The summed E-state index contributed by atoms with van der Waals surface area (Å²) in [5.74, 6) is 1.06. The van der Waals surface area contributed by atoms with Crippen LogP contribution in [0.2, 0.25) is 0 Å². The highest BCUT2D eigenvalue weighted by atomic mass is 16.5. The van der Waals surface area contributed by atoms with Crippen molar-refractivity contribution in [2.75, 3.05) is 20.1 Å². The van der Waals surface area contributed by atoms with E-state index in [1.807, 2.05) is 49.4 Å². The van der Waals surface area contributed by atoms with Crippen LogP contribution in [0.25, 0.3) is 0 Å². The van der Waals surface area contributed by atoms with Gasteiger partial charge in [0, 0.05) is 12.5 Å². The third kappa shape index (κ3) is 3.97. The number of hydrogen-bond donors (Lipinski definition) is 1. The molecule has 0 radical (unpaired) electrons. The van der Waals surface area contributed by atoms with Crippen LogP contribution in [-0.2, 0) is 12.2 Å². The quantitative estimate of drug-likeness (QED) is 0.907. The molecule has 3 rings (SSSR count). The van der Waals surface area contributed by atoms with E-state index in [1.165, 1.54) is 0 Å². The lowest BCUT2D eigenvalue weighted by Gasteiger charge is -2.39. The Bertz CT molecular complexity index is 654. The molecule has 1 aliphatic heterocycles. The molecule has 0 spiro atoms. The lowest BCUT2D eigenvalue weighted by atomic mass is 9.78. The van der Waals surface area contributed by atoms with Gasteiger partial charge in [0.2, 0.25) is 0 Å². The van der Waals surface area contributed by atoms with Gasteiger partial charge in [0.1, 0.15) is 12.4 Å². The minimum Gasteiger partial charge on any atom is -0.489 e. The second-order valence-electron chi connectivity index (χ2n) is 7.05. The van der Waals surface area contributed by atoms with Crippen molar-refractivity contribution >= 4 is 0 Å². The first-order chi connectivity index (χ1) is 11.6. The third-order valence-corrected chi connectivity index (χ3v) is 5.09. The van der Waals surface area contributed by atoms with Crippen LogP contribution in [0.15, 0.2) is 54.6 Å². The molecule has 0 unspecified atom stereocenters. The van der Waals surface area contributed by atoms with Crippen molar-refractivity contribution in [3.63, 3.8) is 0 Å². The van der Waals surface area contributed by atoms with Gasteiger partial charge >= 0.3 is 0 Å². The van der Waals surface area contributed by atoms with Crippen LogP contribution in [0.1, 0.15) is 30.9 Å². The second-order valence-corrected chi connectivity index (χ2v) is 7.05. The number of likely N-dealkylation sites (tertiary alicyclic amines) is 1. The second kappa shape index (κ2) is 7.37. The van der Waals surface area contributed by atoms with E-state index in [-0.39, 0.29) is 5.92 Å². The van der Waals surface area contributed by atoms with Crippen LogP contribution in [0.5, 0.6) is 5.75 Å². The number of piperidine rings is 1. The summed E-state index contributed by atoms with van der Waals surface area (Å²) in [4.78, 5) is 2.30. The Hall–Kier alpha value is -1.84. The molecule has 24 heavy (non-hydrogen) atoms. The maximum absolute atomic E-state index is 11.2. The standard InChI is InChI=1S/C21H27NO2/c1-21(23,19-11-7-13-22(2)15-19)18-10-6-12-20(14-18)24-16-17-8-4-3-5-9-17/h3-6,8-10,12,14,19,23H,7,11,13,15-16H2,1-2H3/t19-,21+/m1/s1. The van der Waals surface area contributed by atoms with Crippen LogP contribution >= 0.6 is 0 Å². The van der Waals surface area contributed by atoms with Gasteiger partial charge in [-0.3, -0.25) is 0 Å². The molecule has 3 nitrogen and oxygen atoms in total. The molecule has 2 aromatic carbocycles. The van der Waals surface area contributed by atoms with Gasteiger partial charge in [-0.05, 0) is 56.6 Å². The van der Waals surface area contributed by atoms with Gasteiger partial charge in [-0.25, -0.2) is 0 Å². The highest BCUT2D eigenvalue weighted by Crippen LogP contribution is 2.36. The van der Waals surface area contributed by atoms with Gasteiger partial charge in [0.25, 0.3) is 0 Å². The van der Waals surface area contributed by atoms with Gasteiger partial charge in [-0.15, -0.1) is 0 Å². The normalized spacial score (nSPS) is 21.2. The molecule has 0 amide bonds. The lowest BCUT2D eigenvalue weighted by molar-refractivity contribution is -0.0341. The number of nitrogens with zero attached hydrogens (tertiary/aromatic N) is 1. The van der Waals surface area contributed by atoms with E-state index in [0.29, 0.717) is 6.61 Å². The number of benzene rings is 2. The van der Waals surface area contributed by atoms with Gasteiger partial charge in [0.15, 0.2) is 0 Å². The largest absolute Gasteiger partial charge is 0.489 e. The molecule has 1 heterocycles. The fourth-order valence-electron chi connectivity index (χ4n) is 3.50. The molecule has 0 aliphatic carbocycles. The maximum Gasteiger partial charge on any atom is 0.120 e. The highest BCUT2D eigenvalue weighted by molar-refractivity contribution is 5.33. The molecule has 0 aromatic heterocycles. The molecule has 1 saturated heterocycles. The molecule has 3 heteroatoms. The molecule has 1 aliphatic rings. The summed E-state index contributed by atoms with van der Waals surface area (Å²) in [5.41, 5.74) is 1.25. The van der Waals surface area contributed by atoms with Crippen LogP contribution in [-0.4, -0.2) is 30.1 Å². The van der Waals surface area contributed by atoms with Crippen molar-refractivity contribution in [2.45, 2.75) is 32.0 Å². The number of hydrogen-bond acceptors (Lipinski definition) is 3. The molecule has 0 bridgehead atoms. The average molecular weight is 325 g/mol. The summed E-state index contributed by atoms with van der Waals surface area (Å²) in [7, 11) is 2.13. The van der Waals surface area contributed by atoms with Gasteiger partial charge in [0.05, 0.1) is 5.60 Å². The minimum atomic E-state index is -0.833. The first-order valence-corrected chi connectivity index (χ1v) is 8.74. The molecular formula is C21H27NO2. The zero-order chi connectivity index (χ0) is 17.0. The van der Waals surface area contributed by atoms with E-state index >= 15 is 0 Å². The van der Waals surface area contributed by atoms with Crippen LogP contribution < -0.4 is 4.74 Å². The lowest BCUT2D eigenvalue weighted by Crippen LogP contribution is -2.43. The summed E-state index contributed by atoms with van der Waals surface area (Å²) >= 11 is 0. The van der Waals surface area contributed by atoms with E-state index in [4.69, 9.17) is 4.74 Å². The SMILES string of the molecule is CN1CCC[C@@H]([C@@](C)(O)c2cccc(OCc3ccccc3)c2)C1. The Morgan fingerprint density at radius 2 is 1.96 bits per heavy atom. The van der Waals surface area contributed by atoms with E-state index in [9.17, 15) is 5.11 Å². The molecular weight excluding hydrogens is 298 g/mol. The van der Waals surface area contributed by atoms with Gasteiger partial charge in [-0.2, -0.15) is 0 Å². The van der Waals surface area contributed by atoms with Crippen LogP contribution in [0, 0.1) is 5.92 Å². The van der Waals surface area contributed by atoms with E-state index in [2.05, 4.69) is 24.1 Å². The first-order valence-electron chi connectivity index (χ1n) is 8.74. The average Bonchev–Trinajstić information content (AvgIpc) is 2.61. The zero-order valence-corrected chi connectivity index (χ0v) is 14.6. The Kier molecular flexibility index (Phi) is 5.22. The van der Waals surface area contributed by atoms with Crippen LogP contribution in [0.4, 0.5) is 0 Å². The molecule has 2 aromatic rings. The van der Waals surface area contributed by atoms with Crippen molar-refractivity contribution in [1.29, 1.82) is 0 Å². The minimum absolute atomic E-state index is 0.251. The van der Waals surface area contributed by atoms with Crippen molar-refractivity contribution in [2.24, 2.45) is 5.92 Å². The van der Waals surface area contributed by atoms with Gasteiger partial charge < -0.3 is 14.7 Å². The number of ether oxygens (including phenoxy) is 1. The molecule has 0 saturated carbocycles. The first kappa shape index (κ1) is 17.0.